The van der Waals surface area contributed by atoms with Gasteiger partial charge >= 0.3 is 30.9 Å². The molecule has 1 aromatic rings. The molecule has 1 saturated heterocycles. The Morgan fingerprint density at radius 2 is 2.00 bits per heavy atom. The summed E-state index contributed by atoms with van der Waals surface area (Å²) in [6, 6.07) is 2.43. The van der Waals surface area contributed by atoms with E-state index in [0.717, 1.165) is 4.90 Å². The second-order valence-corrected chi connectivity index (χ2v) is 7.85. The highest BCUT2D eigenvalue weighted by Crippen LogP contribution is 2.30. The van der Waals surface area contributed by atoms with E-state index >= 15 is 0 Å². The minimum atomic E-state index is -1.53. The van der Waals surface area contributed by atoms with Gasteiger partial charge in [-0.05, 0) is 37.9 Å². The van der Waals surface area contributed by atoms with Gasteiger partial charge in [0.05, 0.1) is 11.5 Å². The number of benzene rings is 1. The second kappa shape index (κ2) is 10.5. The molecular weight excluding hydrogens is 449 g/mol. The lowest BCUT2D eigenvalue weighted by atomic mass is 9.72. The molecule has 2 aliphatic rings. The summed E-state index contributed by atoms with van der Waals surface area (Å²) in [7, 11) is -1.53. The van der Waals surface area contributed by atoms with Crippen LogP contribution in [0.1, 0.15) is 29.3 Å². The van der Waals surface area contributed by atoms with Gasteiger partial charge in [0.2, 0.25) is 5.91 Å². The summed E-state index contributed by atoms with van der Waals surface area (Å²) < 4.78 is 5.35. The van der Waals surface area contributed by atoms with Crippen LogP contribution in [0.2, 0.25) is 0 Å². The number of imide groups is 1. The van der Waals surface area contributed by atoms with E-state index in [-0.39, 0.29) is 43.8 Å². The summed E-state index contributed by atoms with van der Waals surface area (Å²) in [5.74, 6) is -4.60. The molecule has 0 unspecified atom stereocenters. The Labute approximate surface area is 195 Å². The molecule has 3 rings (SSSR count). The lowest BCUT2D eigenvalue weighted by molar-refractivity contribution is -0.153. The van der Waals surface area contributed by atoms with Gasteiger partial charge in [0.25, 0.3) is 0 Å². The van der Waals surface area contributed by atoms with Crippen molar-refractivity contribution in [3.05, 3.63) is 29.3 Å². The topological polar surface area (TPSA) is 192 Å². The lowest BCUT2D eigenvalue weighted by Gasteiger charge is -2.33. The van der Waals surface area contributed by atoms with Crippen molar-refractivity contribution in [3.63, 3.8) is 0 Å². The predicted molar refractivity (Wildman–Crippen MR) is 118 cm³/mol. The number of amides is 5. The monoisotopic (exact) mass is 475 g/mol. The molecule has 13 nitrogen and oxygen atoms in total. The zero-order chi connectivity index (χ0) is 25.0. The third-order valence-corrected chi connectivity index (χ3v) is 5.68. The first-order valence-electron chi connectivity index (χ1n) is 10.8. The van der Waals surface area contributed by atoms with Crippen molar-refractivity contribution in [1.29, 1.82) is 0 Å². The SMILES string of the molecule is CCN1CCN(C(=O)N[C@H](CCN)C(=O)N[C@H]2Cc3cccc(C(=O)O)c3OB2O)C(=O)C1=O. The molecule has 34 heavy (non-hydrogen) atoms. The number of urea groups is 1. The first-order chi connectivity index (χ1) is 16.2. The fraction of sp³-hybridized carbons (Fsp3) is 0.450. The molecule has 0 spiro atoms. The van der Waals surface area contributed by atoms with Crippen molar-refractivity contribution in [2.45, 2.75) is 31.7 Å². The van der Waals surface area contributed by atoms with Gasteiger partial charge in [0, 0.05) is 19.6 Å². The number of rotatable bonds is 7. The van der Waals surface area contributed by atoms with Crippen LogP contribution < -0.4 is 21.0 Å². The summed E-state index contributed by atoms with van der Waals surface area (Å²) in [4.78, 5) is 63.3. The molecule has 0 aliphatic carbocycles. The Morgan fingerprint density at radius 1 is 1.26 bits per heavy atom. The smallest absolute Gasteiger partial charge is 0.534 e. The summed E-state index contributed by atoms with van der Waals surface area (Å²) in [6.07, 6.45) is 0.108. The van der Waals surface area contributed by atoms with E-state index in [0.29, 0.717) is 12.1 Å². The molecule has 0 bridgehead atoms. The average molecular weight is 475 g/mol. The van der Waals surface area contributed by atoms with Crippen molar-refractivity contribution in [1.82, 2.24) is 20.4 Å². The number of piperazine rings is 1. The number of para-hydroxylation sites is 1. The van der Waals surface area contributed by atoms with Crippen LogP contribution in [0.15, 0.2) is 18.2 Å². The van der Waals surface area contributed by atoms with Gasteiger partial charge < -0.3 is 36.1 Å². The van der Waals surface area contributed by atoms with Gasteiger partial charge in [-0.3, -0.25) is 19.3 Å². The van der Waals surface area contributed by atoms with E-state index in [2.05, 4.69) is 10.6 Å². The molecule has 182 valence electrons. The van der Waals surface area contributed by atoms with Crippen LogP contribution in [0.25, 0.3) is 0 Å². The van der Waals surface area contributed by atoms with Crippen LogP contribution in [-0.4, -0.2) is 94.9 Å². The summed E-state index contributed by atoms with van der Waals surface area (Å²) in [5, 5.41) is 24.6. The third kappa shape index (κ3) is 5.12. The van der Waals surface area contributed by atoms with E-state index < -0.39 is 48.8 Å². The molecule has 6 N–H and O–H groups in total. The van der Waals surface area contributed by atoms with E-state index in [4.69, 9.17) is 10.4 Å². The van der Waals surface area contributed by atoms with Gasteiger partial charge in [-0.2, -0.15) is 0 Å². The van der Waals surface area contributed by atoms with Crippen LogP contribution in [0.4, 0.5) is 4.79 Å². The van der Waals surface area contributed by atoms with Crippen molar-refractivity contribution in [3.8, 4) is 5.75 Å². The van der Waals surface area contributed by atoms with Crippen LogP contribution in [0.5, 0.6) is 5.75 Å². The molecule has 2 heterocycles. The predicted octanol–water partition coefficient (Wildman–Crippen LogP) is -2.06. The van der Waals surface area contributed by atoms with E-state index in [1.165, 1.54) is 17.0 Å². The lowest BCUT2D eigenvalue weighted by Crippen LogP contribution is -2.62. The number of likely N-dealkylation sites (N-methyl/N-ethyl adjacent to an activating group) is 1. The molecule has 2 atom stereocenters. The van der Waals surface area contributed by atoms with Crippen molar-refractivity contribution < 1.29 is 38.8 Å². The Bertz CT molecular complexity index is 1010. The minimum Gasteiger partial charge on any atom is -0.534 e. The van der Waals surface area contributed by atoms with E-state index in [1.54, 1.807) is 13.0 Å². The van der Waals surface area contributed by atoms with E-state index in [1.807, 2.05) is 0 Å². The maximum atomic E-state index is 12.9. The molecule has 1 aromatic carbocycles. The molecule has 2 aliphatic heterocycles. The van der Waals surface area contributed by atoms with Gasteiger partial charge in [-0.1, -0.05) is 12.1 Å². The number of fused-ring (bicyclic) bond motifs is 1. The first kappa shape index (κ1) is 25.0. The number of aromatic carboxylic acids is 1. The molecule has 0 radical (unpaired) electrons. The number of nitrogens with zero attached hydrogens (tertiary/aromatic N) is 2. The molecule has 14 heteroatoms. The maximum Gasteiger partial charge on any atom is 0.547 e. The van der Waals surface area contributed by atoms with Crippen molar-refractivity contribution in [2.75, 3.05) is 26.2 Å². The minimum absolute atomic E-state index is 0.0148. The normalized spacial score (nSPS) is 18.7. The van der Waals surface area contributed by atoms with Crippen LogP contribution in [0, 0.1) is 0 Å². The highest BCUT2D eigenvalue weighted by atomic mass is 16.5. The average Bonchev–Trinajstić information content (AvgIpc) is 2.80. The highest BCUT2D eigenvalue weighted by molar-refractivity contribution is 6.47. The van der Waals surface area contributed by atoms with Gasteiger partial charge in [-0.25, -0.2) is 9.59 Å². The Balaban J connectivity index is 1.68. The number of carbonyl (C=O) groups excluding carboxylic acids is 4. The summed E-state index contributed by atoms with van der Waals surface area (Å²) in [5.41, 5.74) is 5.94. The zero-order valence-electron chi connectivity index (χ0n) is 18.5. The first-order valence-corrected chi connectivity index (χ1v) is 10.8. The molecule has 0 saturated carbocycles. The number of carboxylic acids is 1. The molecule has 1 fully saturated rings. The second-order valence-electron chi connectivity index (χ2n) is 7.85. The van der Waals surface area contributed by atoms with Crippen LogP contribution >= 0.6 is 0 Å². The number of hydrogen-bond donors (Lipinski definition) is 5. The third-order valence-electron chi connectivity index (χ3n) is 5.68. The molecule has 5 amide bonds. The number of nitrogens with two attached hydrogens (primary N) is 1. The summed E-state index contributed by atoms with van der Waals surface area (Å²) in [6.45, 7) is 2.25. The Kier molecular flexibility index (Phi) is 7.73. The summed E-state index contributed by atoms with van der Waals surface area (Å²) >= 11 is 0. The van der Waals surface area contributed by atoms with Gasteiger partial charge in [0.15, 0.2) is 0 Å². The van der Waals surface area contributed by atoms with E-state index in [9.17, 15) is 34.1 Å². The number of carbonyl (C=O) groups is 5. The van der Waals surface area contributed by atoms with Gasteiger partial charge in [0.1, 0.15) is 11.8 Å². The number of carboxylic acid groups (broad SMARTS) is 1. The van der Waals surface area contributed by atoms with Crippen LogP contribution in [-0.2, 0) is 20.8 Å². The number of hydrogen-bond acceptors (Lipinski definition) is 8. The van der Waals surface area contributed by atoms with Crippen LogP contribution in [0.3, 0.4) is 0 Å². The number of nitrogens with one attached hydrogen (secondary N) is 2. The highest BCUT2D eigenvalue weighted by Gasteiger charge is 2.40. The fourth-order valence-electron chi connectivity index (χ4n) is 3.83. The Hall–Kier alpha value is -3.65. The van der Waals surface area contributed by atoms with Crippen molar-refractivity contribution in [2.24, 2.45) is 5.73 Å². The fourth-order valence-corrected chi connectivity index (χ4v) is 3.83. The largest absolute Gasteiger partial charge is 0.547 e. The van der Waals surface area contributed by atoms with Gasteiger partial charge in [-0.15, -0.1) is 0 Å². The quantitative estimate of drug-likeness (QED) is 0.218. The zero-order valence-corrected chi connectivity index (χ0v) is 18.5. The molecular formula is C20H26BN5O8. The maximum absolute atomic E-state index is 12.9. The van der Waals surface area contributed by atoms with Crippen molar-refractivity contribution >= 4 is 36.8 Å². The molecule has 0 aromatic heterocycles. The Morgan fingerprint density at radius 3 is 2.65 bits per heavy atom. The standard InChI is InChI=1S/C20H26BN5O8/c1-2-25-8-9-26(18(29)17(25)28)20(32)23-13(6-7-22)16(27)24-14-10-11-4-3-5-12(19(30)31)15(11)34-21(14)33/h3-5,13-14,33H,2,6-10,22H2,1H3,(H,23,32)(H,24,27)(H,30,31)/t13-,14+/m1/s1.